The van der Waals surface area contributed by atoms with Gasteiger partial charge in [-0.1, -0.05) is 6.92 Å². The maximum atomic E-state index is 10.9. The van der Waals surface area contributed by atoms with Crippen LogP contribution >= 0.6 is 0 Å². The number of hydrogen-bond donors (Lipinski definition) is 2. The molecule has 2 N–H and O–H groups in total. The van der Waals surface area contributed by atoms with E-state index in [1.807, 2.05) is 0 Å². The first-order chi connectivity index (χ1) is 6.63. The summed E-state index contributed by atoms with van der Waals surface area (Å²) in [5.74, 6) is -1.09. The van der Waals surface area contributed by atoms with Gasteiger partial charge in [0.2, 0.25) is 5.91 Å². The SMILES string of the molecule is CCC(=O)Nc1cnc(C(=O)O)cn1. The normalized spacial score (nSPS) is 9.50. The Bertz CT molecular complexity index is 347. The number of nitrogens with zero attached hydrogens (tertiary/aromatic N) is 2. The summed E-state index contributed by atoms with van der Waals surface area (Å²) in [6, 6.07) is 0. The molecule has 0 radical (unpaired) electrons. The van der Waals surface area contributed by atoms with Crippen LogP contribution in [0.25, 0.3) is 0 Å². The number of hydrogen-bond acceptors (Lipinski definition) is 4. The van der Waals surface area contributed by atoms with E-state index in [9.17, 15) is 9.59 Å². The highest BCUT2D eigenvalue weighted by atomic mass is 16.4. The summed E-state index contributed by atoms with van der Waals surface area (Å²) < 4.78 is 0. The Hall–Kier alpha value is -1.98. The minimum absolute atomic E-state index is 0.153. The lowest BCUT2D eigenvalue weighted by atomic mass is 10.4. The second-order valence-corrected chi connectivity index (χ2v) is 2.49. The van der Waals surface area contributed by atoms with Crippen LogP contribution in [0.2, 0.25) is 0 Å². The zero-order chi connectivity index (χ0) is 10.6. The van der Waals surface area contributed by atoms with Gasteiger partial charge in [0.25, 0.3) is 0 Å². The molecule has 0 unspecified atom stereocenters. The molecule has 1 aromatic heterocycles. The number of rotatable bonds is 3. The van der Waals surface area contributed by atoms with Gasteiger partial charge in [0.05, 0.1) is 12.4 Å². The first-order valence-corrected chi connectivity index (χ1v) is 3.98. The Balaban J connectivity index is 2.73. The number of nitrogens with one attached hydrogen (secondary N) is 1. The van der Waals surface area contributed by atoms with Crippen molar-refractivity contribution in [3.05, 3.63) is 18.1 Å². The molecule has 74 valence electrons. The van der Waals surface area contributed by atoms with E-state index < -0.39 is 5.97 Å². The molecular formula is C8H9N3O3. The zero-order valence-corrected chi connectivity index (χ0v) is 7.52. The molecule has 0 saturated heterocycles. The molecule has 6 nitrogen and oxygen atoms in total. The van der Waals surface area contributed by atoms with Crippen LogP contribution in [0.15, 0.2) is 12.4 Å². The lowest BCUT2D eigenvalue weighted by Gasteiger charge is -2.01. The molecule has 0 aromatic carbocycles. The second-order valence-electron chi connectivity index (χ2n) is 2.49. The van der Waals surface area contributed by atoms with Crippen LogP contribution in [-0.4, -0.2) is 27.0 Å². The van der Waals surface area contributed by atoms with Crippen molar-refractivity contribution in [2.45, 2.75) is 13.3 Å². The highest BCUT2D eigenvalue weighted by Crippen LogP contribution is 2.01. The molecule has 1 amide bonds. The van der Waals surface area contributed by atoms with E-state index in [0.29, 0.717) is 6.42 Å². The highest BCUT2D eigenvalue weighted by Gasteiger charge is 2.05. The van der Waals surface area contributed by atoms with Crippen LogP contribution in [0.3, 0.4) is 0 Å². The lowest BCUT2D eigenvalue weighted by Crippen LogP contribution is -2.12. The number of aromatic carboxylic acids is 1. The Labute approximate surface area is 80.0 Å². The van der Waals surface area contributed by atoms with Gasteiger partial charge in [-0.3, -0.25) is 4.79 Å². The fourth-order valence-electron chi connectivity index (χ4n) is 0.734. The molecular weight excluding hydrogens is 186 g/mol. The third-order valence-corrected chi connectivity index (χ3v) is 1.46. The van der Waals surface area contributed by atoms with Gasteiger partial charge in [-0.2, -0.15) is 0 Å². The van der Waals surface area contributed by atoms with Crippen molar-refractivity contribution < 1.29 is 14.7 Å². The number of carboxylic acids is 1. The van der Waals surface area contributed by atoms with Gasteiger partial charge in [-0.25, -0.2) is 14.8 Å². The number of carbonyl (C=O) groups is 2. The Morgan fingerprint density at radius 1 is 1.43 bits per heavy atom. The molecule has 14 heavy (non-hydrogen) atoms. The van der Waals surface area contributed by atoms with Gasteiger partial charge in [0.15, 0.2) is 11.5 Å². The fraction of sp³-hybridized carbons (Fsp3) is 0.250. The van der Waals surface area contributed by atoms with Gasteiger partial charge in [-0.05, 0) is 0 Å². The molecule has 0 bridgehead atoms. The largest absolute Gasteiger partial charge is 0.476 e. The number of aromatic nitrogens is 2. The van der Waals surface area contributed by atoms with Crippen molar-refractivity contribution in [1.29, 1.82) is 0 Å². The fourth-order valence-corrected chi connectivity index (χ4v) is 0.734. The predicted octanol–water partition coefficient (Wildman–Crippen LogP) is 0.523. The van der Waals surface area contributed by atoms with E-state index in [0.717, 1.165) is 6.20 Å². The number of amides is 1. The third-order valence-electron chi connectivity index (χ3n) is 1.46. The maximum absolute atomic E-state index is 10.9. The Kier molecular flexibility index (Phi) is 3.11. The molecule has 1 heterocycles. The van der Waals surface area contributed by atoms with E-state index in [1.54, 1.807) is 6.92 Å². The highest BCUT2D eigenvalue weighted by molar-refractivity contribution is 5.89. The van der Waals surface area contributed by atoms with E-state index in [4.69, 9.17) is 5.11 Å². The summed E-state index contributed by atoms with van der Waals surface area (Å²) in [4.78, 5) is 28.6. The van der Waals surface area contributed by atoms with Gasteiger partial charge in [0.1, 0.15) is 0 Å². The standard InChI is InChI=1S/C8H9N3O3/c1-2-7(12)11-6-4-9-5(3-10-6)8(13)14/h3-4H,2H2,1H3,(H,13,14)(H,10,11,12). The van der Waals surface area contributed by atoms with Crippen molar-refractivity contribution in [2.24, 2.45) is 0 Å². The van der Waals surface area contributed by atoms with Gasteiger partial charge >= 0.3 is 5.97 Å². The number of carboxylic acid groups (broad SMARTS) is 1. The number of anilines is 1. The minimum Gasteiger partial charge on any atom is -0.476 e. The topological polar surface area (TPSA) is 92.2 Å². The van der Waals surface area contributed by atoms with Gasteiger partial charge in [0, 0.05) is 6.42 Å². The molecule has 0 fully saturated rings. The van der Waals surface area contributed by atoms with Crippen LogP contribution in [0.4, 0.5) is 5.82 Å². The van der Waals surface area contributed by atoms with E-state index in [-0.39, 0.29) is 17.4 Å². The maximum Gasteiger partial charge on any atom is 0.356 e. The zero-order valence-electron chi connectivity index (χ0n) is 7.52. The van der Waals surface area contributed by atoms with Gasteiger partial charge in [-0.15, -0.1) is 0 Å². The molecule has 1 rings (SSSR count). The van der Waals surface area contributed by atoms with E-state index in [1.165, 1.54) is 6.20 Å². The van der Waals surface area contributed by atoms with Crippen LogP contribution in [0.1, 0.15) is 23.8 Å². The minimum atomic E-state index is -1.15. The van der Waals surface area contributed by atoms with Crippen molar-refractivity contribution in [3.8, 4) is 0 Å². The Morgan fingerprint density at radius 3 is 2.57 bits per heavy atom. The molecule has 0 atom stereocenters. The molecule has 1 aromatic rings. The van der Waals surface area contributed by atoms with Crippen LogP contribution in [-0.2, 0) is 4.79 Å². The summed E-state index contributed by atoms with van der Waals surface area (Å²) in [5, 5.41) is 11.0. The van der Waals surface area contributed by atoms with E-state index >= 15 is 0 Å². The summed E-state index contributed by atoms with van der Waals surface area (Å²) >= 11 is 0. The molecule has 0 saturated carbocycles. The first-order valence-electron chi connectivity index (χ1n) is 3.98. The van der Waals surface area contributed by atoms with Crippen molar-refractivity contribution in [3.63, 3.8) is 0 Å². The second kappa shape index (κ2) is 4.31. The lowest BCUT2D eigenvalue weighted by molar-refractivity contribution is -0.115. The molecule has 0 aliphatic heterocycles. The third kappa shape index (κ3) is 2.51. The predicted molar refractivity (Wildman–Crippen MR) is 47.9 cm³/mol. The Morgan fingerprint density at radius 2 is 2.14 bits per heavy atom. The molecule has 0 aliphatic rings. The van der Waals surface area contributed by atoms with Gasteiger partial charge < -0.3 is 10.4 Å². The van der Waals surface area contributed by atoms with Crippen LogP contribution in [0.5, 0.6) is 0 Å². The summed E-state index contributed by atoms with van der Waals surface area (Å²) in [7, 11) is 0. The molecule has 0 spiro atoms. The first kappa shape index (κ1) is 10.1. The molecule has 0 aliphatic carbocycles. The monoisotopic (exact) mass is 195 g/mol. The number of carbonyl (C=O) groups excluding carboxylic acids is 1. The average molecular weight is 195 g/mol. The summed E-state index contributed by atoms with van der Waals surface area (Å²) in [6.45, 7) is 1.70. The van der Waals surface area contributed by atoms with Crippen molar-refractivity contribution in [1.82, 2.24) is 9.97 Å². The summed E-state index contributed by atoms with van der Waals surface area (Å²) in [6.07, 6.45) is 2.63. The van der Waals surface area contributed by atoms with Crippen LogP contribution in [0, 0.1) is 0 Å². The van der Waals surface area contributed by atoms with Crippen molar-refractivity contribution >= 4 is 17.7 Å². The molecule has 6 heteroatoms. The quantitative estimate of drug-likeness (QED) is 0.733. The van der Waals surface area contributed by atoms with Crippen LogP contribution < -0.4 is 5.32 Å². The van der Waals surface area contributed by atoms with Crippen molar-refractivity contribution in [2.75, 3.05) is 5.32 Å². The summed E-state index contributed by atoms with van der Waals surface area (Å²) in [5.41, 5.74) is -0.153. The van der Waals surface area contributed by atoms with E-state index in [2.05, 4.69) is 15.3 Å². The smallest absolute Gasteiger partial charge is 0.356 e. The average Bonchev–Trinajstić information content (AvgIpc) is 2.18.